The zero-order chi connectivity index (χ0) is 21.1. The Morgan fingerprint density at radius 2 is 1.70 bits per heavy atom. The molecule has 0 radical (unpaired) electrons. The largest absolute Gasteiger partial charge is 0.325 e. The second-order valence-corrected chi connectivity index (χ2v) is 8.21. The fraction of sp³-hybridized carbons (Fsp3) is 0.120. The molecule has 30 heavy (non-hydrogen) atoms. The van der Waals surface area contributed by atoms with Crippen molar-refractivity contribution >= 4 is 22.9 Å². The first-order valence-corrected chi connectivity index (χ1v) is 10.5. The molecule has 0 saturated carbocycles. The second kappa shape index (κ2) is 8.59. The number of nitrogens with one attached hydrogen (secondary N) is 1. The van der Waals surface area contributed by atoms with Crippen molar-refractivity contribution < 1.29 is 9.18 Å². The summed E-state index contributed by atoms with van der Waals surface area (Å²) < 4.78 is 13.6. The van der Waals surface area contributed by atoms with E-state index in [0.29, 0.717) is 11.4 Å². The summed E-state index contributed by atoms with van der Waals surface area (Å²) in [6, 6.07) is 22.5. The van der Waals surface area contributed by atoms with E-state index in [2.05, 4.69) is 29.6 Å². The molecule has 4 rings (SSSR count). The van der Waals surface area contributed by atoms with Gasteiger partial charge < -0.3 is 5.32 Å². The van der Waals surface area contributed by atoms with Gasteiger partial charge >= 0.3 is 0 Å². The molecular formula is C25H21FN2OS. The maximum Gasteiger partial charge on any atom is 0.230 e. The molecular weight excluding hydrogens is 395 g/mol. The maximum absolute atomic E-state index is 13.6. The summed E-state index contributed by atoms with van der Waals surface area (Å²) in [7, 11) is 0. The Hall–Kier alpha value is -3.31. The lowest BCUT2D eigenvalue weighted by atomic mass is 10.1. The first-order valence-electron chi connectivity index (χ1n) is 9.68. The van der Waals surface area contributed by atoms with Crippen LogP contribution in [0, 0.1) is 19.7 Å². The van der Waals surface area contributed by atoms with Gasteiger partial charge in [0.25, 0.3) is 0 Å². The third-order valence-electron chi connectivity index (χ3n) is 4.83. The summed E-state index contributed by atoms with van der Waals surface area (Å²) in [6.45, 7) is 3.88. The predicted molar refractivity (Wildman–Crippen MR) is 121 cm³/mol. The number of aromatic nitrogens is 1. The third-order valence-corrected chi connectivity index (χ3v) is 6.03. The fourth-order valence-corrected chi connectivity index (χ4v) is 4.27. The molecule has 0 fully saturated rings. The zero-order valence-electron chi connectivity index (χ0n) is 16.8. The van der Waals surface area contributed by atoms with Gasteiger partial charge in [-0.1, -0.05) is 66.2 Å². The van der Waals surface area contributed by atoms with E-state index >= 15 is 0 Å². The van der Waals surface area contributed by atoms with Crippen LogP contribution in [-0.4, -0.2) is 10.9 Å². The van der Waals surface area contributed by atoms with Crippen molar-refractivity contribution in [3.63, 3.8) is 0 Å². The van der Waals surface area contributed by atoms with Crippen LogP contribution in [0.25, 0.3) is 21.0 Å². The average molecular weight is 417 g/mol. The number of carbonyl (C=O) groups is 1. The van der Waals surface area contributed by atoms with Crippen molar-refractivity contribution in [1.29, 1.82) is 0 Å². The number of nitrogens with zero attached hydrogens (tertiary/aromatic N) is 1. The Labute approximate surface area is 179 Å². The first-order chi connectivity index (χ1) is 14.5. The Balaban J connectivity index is 1.67. The van der Waals surface area contributed by atoms with Crippen LogP contribution in [0.4, 0.5) is 10.1 Å². The topological polar surface area (TPSA) is 42.0 Å². The maximum atomic E-state index is 13.6. The van der Waals surface area contributed by atoms with Crippen LogP contribution in [-0.2, 0) is 11.2 Å². The average Bonchev–Trinajstić information content (AvgIpc) is 3.15. The molecule has 1 heterocycles. The van der Waals surface area contributed by atoms with E-state index in [1.54, 1.807) is 17.4 Å². The summed E-state index contributed by atoms with van der Waals surface area (Å²) >= 11 is 1.57. The molecule has 3 nitrogen and oxygen atoms in total. The Bertz CT molecular complexity index is 1180. The van der Waals surface area contributed by atoms with E-state index in [-0.39, 0.29) is 18.1 Å². The van der Waals surface area contributed by atoms with E-state index < -0.39 is 0 Å². The smallest absolute Gasteiger partial charge is 0.230 e. The molecule has 1 amide bonds. The van der Waals surface area contributed by atoms with Crippen molar-refractivity contribution in [3.8, 4) is 21.0 Å². The zero-order valence-corrected chi connectivity index (χ0v) is 17.6. The van der Waals surface area contributed by atoms with Gasteiger partial charge in [-0.3, -0.25) is 4.79 Å². The van der Waals surface area contributed by atoms with Crippen molar-refractivity contribution in [2.45, 2.75) is 20.3 Å². The number of hydrogen-bond donors (Lipinski definition) is 1. The van der Waals surface area contributed by atoms with Crippen LogP contribution in [0.3, 0.4) is 0 Å². The summed E-state index contributed by atoms with van der Waals surface area (Å²) in [5.41, 5.74) is 5.23. The number of benzene rings is 3. The molecule has 1 aromatic heterocycles. The minimum absolute atomic E-state index is 0.114. The van der Waals surface area contributed by atoms with Crippen LogP contribution in [0.2, 0.25) is 0 Å². The number of amides is 1. The molecule has 1 N–H and O–H groups in total. The van der Waals surface area contributed by atoms with E-state index in [1.165, 1.54) is 17.7 Å². The van der Waals surface area contributed by atoms with Crippen LogP contribution in [0.5, 0.6) is 0 Å². The van der Waals surface area contributed by atoms with Gasteiger partial charge in [-0.05, 0) is 37.1 Å². The quantitative estimate of drug-likeness (QED) is 0.408. The minimum Gasteiger partial charge on any atom is -0.325 e. The van der Waals surface area contributed by atoms with Gasteiger partial charge in [0.1, 0.15) is 10.8 Å². The molecule has 0 aliphatic carbocycles. The Kier molecular flexibility index (Phi) is 5.72. The van der Waals surface area contributed by atoms with Gasteiger partial charge in [0.05, 0.1) is 17.0 Å². The highest BCUT2D eigenvalue weighted by molar-refractivity contribution is 7.18. The van der Waals surface area contributed by atoms with Crippen molar-refractivity contribution in [3.05, 3.63) is 95.4 Å². The summed E-state index contributed by atoms with van der Waals surface area (Å²) in [5, 5.41) is 3.69. The SMILES string of the molecule is Cc1ccc(-c2sc(-c3ccccc3)nc2CC(=O)Nc2cc(F)ccc2C)cc1. The summed E-state index contributed by atoms with van der Waals surface area (Å²) in [6.07, 6.45) is 0.114. The van der Waals surface area contributed by atoms with Crippen LogP contribution in [0.15, 0.2) is 72.8 Å². The number of thiazole rings is 1. The number of anilines is 1. The van der Waals surface area contributed by atoms with Crippen molar-refractivity contribution in [1.82, 2.24) is 4.98 Å². The number of rotatable bonds is 5. The van der Waals surface area contributed by atoms with E-state index in [0.717, 1.165) is 26.6 Å². The normalized spacial score (nSPS) is 10.8. The van der Waals surface area contributed by atoms with Crippen molar-refractivity contribution in [2.75, 3.05) is 5.32 Å². The summed E-state index contributed by atoms with van der Waals surface area (Å²) in [5.74, 6) is -0.599. The molecule has 0 aliphatic heterocycles. The van der Waals surface area contributed by atoms with Crippen LogP contribution >= 0.6 is 11.3 Å². The van der Waals surface area contributed by atoms with E-state index in [9.17, 15) is 9.18 Å². The van der Waals surface area contributed by atoms with Gasteiger partial charge in [0.15, 0.2) is 0 Å². The highest BCUT2D eigenvalue weighted by Crippen LogP contribution is 2.36. The molecule has 4 aromatic rings. The van der Waals surface area contributed by atoms with Gasteiger partial charge in [0.2, 0.25) is 5.91 Å². The molecule has 0 unspecified atom stereocenters. The standard InChI is InChI=1S/C25H21FN2OS/c1-16-8-11-18(12-9-16)24-22(28-25(30-24)19-6-4-3-5-7-19)15-23(29)27-21-14-20(26)13-10-17(21)2/h3-14H,15H2,1-2H3,(H,27,29). The van der Waals surface area contributed by atoms with E-state index in [4.69, 9.17) is 4.98 Å². The highest BCUT2D eigenvalue weighted by Gasteiger charge is 2.18. The lowest BCUT2D eigenvalue weighted by molar-refractivity contribution is -0.115. The predicted octanol–water partition coefficient (Wildman–Crippen LogP) is 6.41. The molecule has 3 aromatic carbocycles. The van der Waals surface area contributed by atoms with Gasteiger partial charge in [-0.15, -0.1) is 11.3 Å². The number of halogens is 1. The molecule has 0 atom stereocenters. The van der Waals surface area contributed by atoms with Gasteiger partial charge in [-0.25, -0.2) is 9.37 Å². The second-order valence-electron chi connectivity index (χ2n) is 7.21. The van der Waals surface area contributed by atoms with Crippen molar-refractivity contribution in [2.24, 2.45) is 0 Å². The summed E-state index contributed by atoms with van der Waals surface area (Å²) in [4.78, 5) is 18.5. The molecule has 0 bridgehead atoms. The molecule has 150 valence electrons. The monoisotopic (exact) mass is 416 g/mol. The molecule has 0 aliphatic rings. The number of aryl methyl sites for hydroxylation is 2. The highest BCUT2D eigenvalue weighted by atomic mass is 32.1. The van der Waals surface area contributed by atoms with Gasteiger partial charge in [-0.2, -0.15) is 0 Å². The first kappa shape index (κ1) is 20.0. The number of carbonyl (C=O) groups excluding carboxylic acids is 1. The van der Waals surface area contributed by atoms with Gasteiger partial charge in [0, 0.05) is 11.3 Å². The fourth-order valence-electron chi connectivity index (χ4n) is 3.18. The lowest BCUT2D eigenvalue weighted by Crippen LogP contribution is -2.16. The Morgan fingerprint density at radius 3 is 2.43 bits per heavy atom. The lowest BCUT2D eigenvalue weighted by Gasteiger charge is -2.08. The third kappa shape index (κ3) is 4.47. The molecule has 0 spiro atoms. The van der Waals surface area contributed by atoms with Crippen LogP contribution in [0.1, 0.15) is 16.8 Å². The van der Waals surface area contributed by atoms with E-state index in [1.807, 2.05) is 44.2 Å². The molecule has 0 saturated heterocycles. The molecule has 5 heteroatoms. The number of hydrogen-bond acceptors (Lipinski definition) is 3. The minimum atomic E-state index is -0.378. The Morgan fingerprint density at radius 1 is 0.967 bits per heavy atom. The van der Waals surface area contributed by atoms with Crippen LogP contribution < -0.4 is 5.32 Å².